The van der Waals surface area contributed by atoms with Crippen molar-refractivity contribution in [3.05, 3.63) is 29.6 Å². The van der Waals surface area contributed by atoms with E-state index in [1.54, 1.807) is 12.1 Å². The van der Waals surface area contributed by atoms with Crippen LogP contribution in [-0.4, -0.2) is 22.2 Å². The Bertz CT molecular complexity index is 447. The van der Waals surface area contributed by atoms with Crippen LogP contribution in [-0.2, 0) is 11.3 Å². The number of rotatable bonds is 4. The van der Waals surface area contributed by atoms with Crippen molar-refractivity contribution < 1.29 is 14.6 Å². The third kappa shape index (κ3) is 3.77. The highest BCUT2D eigenvalue weighted by molar-refractivity contribution is 5.85. The average molecular weight is 263 g/mol. The van der Waals surface area contributed by atoms with Gasteiger partial charge in [-0.05, 0) is 48.8 Å². The second kappa shape index (κ2) is 6.15. The highest BCUT2D eigenvalue weighted by Gasteiger charge is 2.24. The second-order valence-corrected chi connectivity index (χ2v) is 5.56. The Hall–Kier alpha value is -1.42. The number of hydrogen-bond donors (Lipinski definition) is 1. The van der Waals surface area contributed by atoms with Crippen LogP contribution in [0.25, 0.3) is 0 Å². The molecule has 0 spiro atoms. The number of aromatic nitrogens is 1. The fourth-order valence-electron chi connectivity index (χ4n) is 2.54. The normalized spacial score (nSPS) is 27.2. The highest BCUT2D eigenvalue weighted by Crippen LogP contribution is 2.31. The van der Waals surface area contributed by atoms with Gasteiger partial charge >= 0.3 is 5.97 Å². The van der Waals surface area contributed by atoms with Crippen LogP contribution in [0.5, 0.6) is 0 Å². The highest BCUT2D eigenvalue weighted by atomic mass is 16.5. The summed E-state index contributed by atoms with van der Waals surface area (Å²) in [6.07, 6.45) is 5.23. The van der Waals surface area contributed by atoms with E-state index in [0.717, 1.165) is 24.3 Å². The molecule has 1 N–H and O–H groups in total. The molecule has 4 heteroatoms. The summed E-state index contributed by atoms with van der Waals surface area (Å²) in [6.45, 7) is 5.03. The molecular formula is C15H21NO3. The number of nitrogens with zero attached hydrogens (tertiary/aromatic N) is 1. The fraction of sp³-hybridized carbons (Fsp3) is 0.600. The van der Waals surface area contributed by atoms with E-state index in [1.807, 2.05) is 0 Å². The van der Waals surface area contributed by atoms with Gasteiger partial charge in [0.25, 0.3) is 0 Å². The SMILES string of the molecule is CC1CCC(OCc2ccnc(C(=O)O)c2)CC1C. The van der Waals surface area contributed by atoms with Crippen LogP contribution in [0.2, 0.25) is 0 Å². The second-order valence-electron chi connectivity index (χ2n) is 5.56. The summed E-state index contributed by atoms with van der Waals surface area (Å²) in [6, 6.07) is 3.39. The molecule has 3 atom stereocenters. The van der Waals surface area contributed by atoms with Gasteiger partial charge in [0.15, 0.2) is 0 Å². The monoisotopic (exact) mass is 263 g/mol. The standard InChI is InChI=1S/C15H21NO3/c1-10-3-4-13(7-11(10)2)19-9-12-5-6-16-14(8-12)15(17)18/h5-6,8,10-11,13H,3-4,7,9H2,1-2H3,(H,17,18). The van der Waals surface area contributed by atoms with Gasteiger partial charge in [-0.2, -0.15) is 0 Å². The molecule has 0 aliphatic heterocycles. The van der Waals surface area contributed by atoms with Gasteiger partial charge in [-0.25, -0.2) is 9.78 Å². The molecule has 1 aliphatic carbocycles. The van der Waals surface area contributed by atoms with Crippen LogP contribution in [0, 0.1) is 11.8 Å². The summed E-state index contributed by atoms with van der Waals surface area (Å²) in [5.41, 5.74) is 0.949. The molecule has 4 nitrogen and oxygen atoms in total. The zero-order valence-corrected chi connectivity index (χ0v) is 11.5. The summed E-state index contributed by atoms with van der Waals surface area (Å²) >= 11 is 0. The third-order valence-corrected chi connectivity index (χ3v) is 4.08. The maximum Gasteiger partial charge on any atom is 0.354 e. The molecule has 1 aliphatic rings. The predicted molar refractivity (Wildman–Crippen MR) is 72.0 cm³/mol. The Balaban J connectivity index is 1.88. The Kier molecular flexibility index (Phi) is 4.53. The van der Waals surface area contributed by atoms with E-state index in [1.165, 1.54) is 12.6 Å². The van der Waals surface area contributed by atoms with Crippen molar-refractivity contribution in [3.63, 3.8) is 0 Å². The van der Waals surface area contributed by atoms with Crippen LogP contribution in [0.15, 0.2) is 18.3 Å². The lowest BCUT2D eigenvalue weighted by molar-refractivity contribution is -0.00749. The quantitative estimate of drug-likeness (QED) is 0.906. The van der Waals surface area contributed by atoms with Crippen LogP contribution < -0.4 is 0 Å². The number of carboxylic acids is 1. The zero-order valence-electron chi connectivity index (χ0n) is 11.5. The first-order valence-electron chi connectivity index (χ1n) is 6.86. The molecular weight excluding hydrogens is 242 g/mol. The summed E-state index contributed by atoms with van der Waals surface area (Å²) in [7, 11) is 0. The lowest BCUT2D eigenvalue weighted by Gasteiger charge is -2.32. The number of carbonyl (C=O) groups is 1. The number of carboxylic acid groups (broad SMARTS) is 1. The van der Waals surface area contributed by atoms with E-state index >= 15 is 0 Å². The zero-order chi connectivity index (χ0) is 13.8. The molecule has 1 aromatic rings. The first-order chi connectivity index (χ1) is 9.06. The van der Waals surface area contributed by atoms with Gasteiger partial charge in [-0.3, -0.25) is 0 Å². The van der Waals surface area contributed by atoms with Gasteiger partial charge in [0, 0.05) is 6.20 Å². The number of pyridine rings is 1. The van der Waals surface area contributed by atoms with E-state index in [0.29, 0.717) is 18.6 Å². The summed E-state index contributed by atoms with van der Waals surface area (Å²) in [4.78, 5) is 14.6. The molecule has 0 bridgehead atoms. The van der Waals surface area contributed by atoms with Crippen molar-refractivity contribution in [2.24, 2.45) is 11.8 Å². The molecule has 0 aromatic carbocycles. The molecule has 19 heavy (non-hydrogen) atoms. The molecule has 0 saturated heterocycles. The van der Waals surface area contributed by atoms with Crippen LogP contribution in [0.4, 0.5) is 0 Å². The smallest absolute Gasteiger partial charge is 0.354 e. The minimum absolute atomic E-state index is 0.0757. The van der Waals surface area contributed by atoms with Crippen LogP contribution >= 0.6 is 0 Å². The summed E-state index contributed by atoms with van der Waals surface area (Å²) in [5.74, 6) is 0.479. The van der Waals surface area contributed by atoms with Crippen molar-refractivity contribution in [2.75, 3.05) is 0 Å². The molecule has 1 fully saturated rings. The Morgan fingerprint density at radius 2 is 2.21 bits per heavy atom. The topological polar surface area (TPSA) is 59.4 Å². The summed E-state index contributed by atoms with van der Waals surface area (Å²) < 4.78 is 5.90. The van der Waals surface area contributed by atoms with Crippen LogP contribution in [0.3, 0.4) is 0 Å². The Morgan fingerprint density at radius 3 is 2.89 bits per heavy atom. The van der Waals surface area contributed by atoms with E-state index in [2.05, 4.69) is 18.8 Å². The third-order valence-electron chi connectivity index (χ3n) is 4.08. The molecule has 3 unspecified atom stereocenters. The van der Waals surface area contributed by atoms with E-state index < -0.39 is 5.97 Å². The van der Waals surface area contributed by atoms with E-state index in [-0.39, 0.29) is 5.69 Å². The minimum atomic E-state index is -0.998. The minimum Gasteiger partial charge on any atom is -0.477 e. The van der Waals surface area contributed by atoms with Crippen molar-refractivity contribution in [1.29, 1.82) is 0 Å². The molecule has 1 aromatic heterocycles. The fourth-order valence-corrected chi connectivity index (χ4v) is 2.54. The first-order valence-corrected chi connectivity index (χ1v) is 6.86. The Morgan fingerprint density at radius 1 is 1.42 bits per heavy atom. The van der Waals surface area contributed by atoms with Gasteiger partial charge in [0.05, 0.1) is 12.7 Å². The first kappa shape index (κ1) is 14.0. The van der Waals surface area contributed by atoms with Gasteiger partial charge in [-0.15, -0.1) is 0 Å². The lowest BCUT2D eigenvalue weighted by atomic mass is 9.80. The number of hydrogen-bond acceptors (Lipinski definition) is 3. The van der Waals surface area contributed by atoms with Crippen LogP contribution in [0.1, 0.15) is 49.2 Å². The lowest BCUT2D eigenvalue weighted by Crippen LogP contribution is -2.26. The van der Waals surface area contributed by atoms with E-state index in [4.69, 9.17) is 9.84 Å². The molecule has 2 rings (SSSR count). The van der Waals surface area contributed by atoms with Crippen molar-refractivity contribution in [1.82, 2.24) is 4.98 Å². The largest absolute Gasteiger partial charge is 0.477 e. The average Bonchev–Trinajstić information content (AvgIpc) is 2.40. The molecule has 0 amide bonds. The van der Waals surface area contributed by atoms with Crippen molar-refractivity contribution >= 4 is 5.97 Å². The van der Waals surface area contributed by atoms with Crippen molar-refractivity contribution in [3.8, 4) is 0 Å². The van der Waals surface area contributed by atoms with Gasteiger partial charge < -0.3 is 9.84 Å². The molecule has 104 valence electrons. The predicted octanol–water partition coefficient (Wildman–Crippen LogP) is 3.12. The Labute approximate surface area is 113 Å². The number of aromatic carboxylic acids is 1. The molecule has 1 heterocycles. The molecule has 0 radical (unpaired) electrons. The summed E-state index contributed by atoms with van der Waals surface area (Å²) in [5, 5.41) is 8.89. The van der Waals surface area contributed by atoms with Crippen molar-refractivity contribution in [2.45, 2.75) is 45.8 Å². The van der Waals surface area contributed by atoms with Gasteiger partial charge in [0.2, 0.25) is 0 Å². The van der Waals surface area contributed by atoms with Gasteiger partial charge in [0.1, 0.15) is 5.69 Å². The molecule has 1 saturated carbocycles. The van der Waals surface area contributed by atoms with E-state index in [9.17, 15) is 4.79 Å². The maximum atomic E-state index is 10.8. The number of ether oxygens (including phenoxy) is 1. The van der Waals surface area contributed by atoms with Gasteiger partial charge in [-0.1, -0.05) is 13.8 Å². The maximum absolute atomic E-state index is 10.8.